The van der Waals surface area contributed by atoms with Crippen molar-refractivity contribution in [2.75, 3.05) is 11.9 Å². The van der Waals surface area contributed by atoms with E-state index in [1.165, 1.54) is 16.6 Å². The van der Waals surface area contributed by atoms with Crippen LogP contribution in [0.4, 0.5) is 5.82 Å². The third-order valence-electron chi connectivity index (χ3n) is 4.94. The minimum atomic E-state index is -3.96. The zero-order chi connectivity index (χ0) is 24.7. The normalized spacial score (nSPS) is 11.0. The molecule has 3 aromatic heterocycles. The topological polar surface area (TPSA) is 138 Å². The first-order chi connectivity index (χ1) is 16.9. The van der Waals surface area contributed by atoms with Crippen molar-refractivity contribution in [1.29, 1.82) is 0 Å². The molecular formula is C24H23ClN6O4S. The van der Waals surface area contributed by atoms with E-state index in [0.717, 1.165) is 11.1 Å². The highest BCUT2D eigenvalue weighted by Gasteiger charge is 2.26. The number of carboxylic acids is 1. The van der Waals surface area contributed by atoms with Crippen LogP contribution in [0.25, 0.3) is 11.4 Å². The molecule has 3 heterocycles. The number of hydrogen-bond acceptors (Lipinski definition) is 8. The predicted octanol–water partition coefficient (Wildman–Crippen LogP) is 3.24. The highest BCUT2D eigenvalue weighted by molar-refractivity contribution is 7.89. The first-order valence-corrected chi connectivity index (χ1v) is 12.0. The maximum Gasteiger partial charge on any atom is 0.322 e. The maximum absolute atomic E-state index is 13.5. The highest BCUT2D eigenvalue weighted by Crippen LogP contribution is 2.21. The van der Waals surface area contributed by atoms with Gasteiger partial charge in [0.15, 0.2) is 10.9 Å². The molecule has 0 aliphatic carbocycles. The lowest BCUT2D eigenvalue weighted by atomic mass is 10.1. The van der Waals surface area contributed by atoms with Crippen molar-refractivity contribution in [3.05, 3.63) is 96.6 Å². The molecule has 0 spiro atoms. The molecule has 10 nitrogen and oxygen atoms in total. The van der Waals surface area contributed by atoms with Crippen LogP contribution in [0.1, 0.15) is 11.3 Å². The van der Waals surface area contributed by atoms with Crippen molar-refractivity contribution in [3.63, 3.8) is 0 Å². The van der Waals surface area contributed by atoms with Crippen molar-refractivity contribution < 1.29 is 18.3 Å². The average Bonchev–Trinajstić information content (AvgIpc) is 2.89. The Labute approximate surface area is 214 Å². The first-order valence-electron chi connectivity index (χ1n) is 10.6. The standard InChI is InChI=1S/C24H22N6O4S.ClH/c31-23(32)15-28-21-6-3-5-20(29-21)17-30(35(33,34)22-7-1-2-12-25-22)16-18-8-10-19(11-9-18)24-26-13-4-14-27-24;/h1-14H,15-17H2,(H,28,29)(H,31,32);1H. The molecule has 36 heavy (non-hydrogen) atoms. The van der Waals surface area contributed by atoms with Gasteiger partial charge in [0.25, 0.3) is 10.0 Å². The maximum atomic E-state index is 13.5. The van der Waals surface area contributed by atoms with Crippen LogP contribution in [-0.4, -0.2) is 50.3 Å². The summed E-state index contributed by atoms with van der Waals surface area (Å²) in [6.45, 7) is -0.266. The Hall–Kier alpha value is -3.93. The molecule has 0 aliphatic rings. The number of carbonyl (C=O) groups is 1. The van der Waals surface area contributed by atoms with Gasteiger partial charge in [-0.15, -0.1) is 12.4 Å². The molecule has 0 unspecified atom stereocenters. The van der Waals surface area contributed by atoms with Crippen LogP contribution >= 0.6 is 12.4 Å². The Bertz CT molecular complexity index is 1390. The third kappa shape index (κ3) is 6.81. The number of anilines is 1. The van der Waals surface area contributed by atoms with Crippen LogP contribution in [0, 0.1) is 0 Å². The third-order valence-corrected chi connectivity index (χ3v) is 6.65. The van der Waals surface area contributed by atoms with Crippen molar-refractivity contribution in [1.82, 2.24) is 24.2 Å². The lowest BCUT2D eigenvalue weighted by molar-refractivity contribution is -0.134. The number of carboxylic acid groups (broad SMARTS) is 1. The van der Waals surface area contributed by atoms with Crippen LogP contribution in [0.2, 0.25) is 0 Å². The SMILES string of the molecule is Cl.O=C(O)CNc1cccc(CN(Cc2ccc(-c3ncccn3)cc2)S(=O)(=O)c2ccccn2)n1. The number of rotatable bonds is 10. The zero-order valence-corrected chi connectivity index (χ0v) is 20.6. The summed E-state index contributed by atoms with van der Waals surface area (Å²) in [7, 11) is -3.96. The molecule has 12 heteroatoms. The second kappa shape index (κ2) is 12.2. The zero-order valence-electron chi connectivity index (χ0n) is 18.9. The molecular weight excluding hydrogens is 504 g/mol. The van der Waals surface area contributed by atoms with Gasteiger partial charge in [0.05, 0.1) is 12.2 Å². The van der Waals surface area contributed by atoms with Gasteiger partial charge in [0.1, 0.15) is 12.4 Å². The molecule has 0 fully saturated rings. The lowest BCUT2D eigenvalue weighted by Gasteiger charge is -2.22. The van der Waals surface area contributed by atoms with E-state index in [0.29, 0.717) is 17.3 Å². The molecule has 0 atom stereocenters. The smallest absolute Gasteiger partial charge is 0.322 e. The highest BCUT2D eigenvalue weighted by atomic mass is 35.5. The fraction of sp³-hybridized carbons (Fsp3) is 0.125. The predicted molar refractivity (Wildman–Crippen MR) is 136 cm³/mol. The molecule has 0 bridgehead atoms. The number of hydrogen-bond donors (Lipinski definition) is 2. The summed E-state index contributed by atoms with van der Waals surface area (Å²) in [5.41, 5.74) is 2.02. The minimum absolute atomic E-state index is 0. The van der Waals surface area contributed by atoms with Crippen LogP contribution in [-0.2, 0) is 27.9 Å². The number of aliphatic carboxylic acids is 1. The van der Waals surface area contributed by atoms with Crippen LogP contribution in [0.15, 0.2) is 90.3 Å². The fourth-order valence-corrected chi connectivity index (χ4v) is 4.61. The molecule has 0 radical (unpaired) electrons. The van der Waals surface area contributed by atoms with Crippen molar-refractivity contribution >= 4 is 34.2 Å². The number of nitrogens with zero attached hydrogens (tertiary/aromatic N) is 5. The number of sulfonamides is 1. The van der Waals surface area contributed by atoms with E-state index < -0.39 is 16.0 Å². The van der Waals surface area contributed by atoms with Crippen LogP contribution < -0.4 is 5.32 Å². The summed E-state index contributed by atoms with van der Waals surface area (Å²) < 4.78 is 28.2. The largest absolute Gasteiger partial charge is 0.480 e. The van der Waals surface area contributed by atoms with Crippen LogP contribution in [0.5, 0.6) is 0 Å². The number of nitrogens with one attached hydrogen (secondary N) is 1. The van der Waals surface area contributed by atoms with Crippen molar-refractivity contribution in [3.8, 4) is 11.4 Å². The van der Waals surface area contributed by atoms with E-state index in [2.05, 4.69) is 25.3 Å². The summed E-state index contributed by atoms with van der Waals surface area (Å²) >= 11 is 0. The minimum Gasteiger partial charge on any atom is -0.480 e. The number of aromatic nitrogens is 4. The van der Waals surface area contributed by atoms with Crippen molar-refractivity contribution in [2.45, 2.75) is 18.1 Å². The van der Waals surface area contributed by atoms with E-state index in [9.17, 15) is 13.2 Å². The quantitative estimate of drug-likeness (QED) is 0.319. The van der Waals surface area contributed by atoms with Gasteiger partial charge in [-0.25, -0.2) is 28.4 Å². The number of pyridine rings is 2. The molecule has 1 aromatic carbocycles. The summed E-state index contributed by atoms with van der Waals surface area (Å²) in [5.74, 6) is -0.111. The Morgan fingerprint density at radius 2 is 1.58 bits per heavy atom. The molecule has 0 saturated heterocycles. The molecule has 4 rings (SSSR count). The van der Waals surface area contributed by atoms with E-state index in [4.69, 9.17) is 5.11 Å². The Balaban J connectivity index is 0.00000361. The lowest BCUT2D eigenvalue weighted by Crippen LogP contribution is -2.31. The Morgan fingerprint density at radius 1 is 0.861 bits per heavy atom. The Morgan fingerprint density at radius 3 is 2.25 bits per heavy atom. The number of halogens is 1. The molecule has 0 amide bonds. The van der Waals surface area contributed by atoms with Gasteiger partial charge >= 0.3 is 5.97 Å². The van der Waals surface area contributed by atoms with Gasteiger partial charge in [0, 0.05) is 30.7 Å². The van der Waals surface area contributed by atoms with E-state index in [-0.39, 0.29) is 37.1 Å². The first kappa shape index (κ1) is 26.7. The van der Waals surface area contributed by atoms with Gasteiger partial charge in [-0.2, -0.15) is 4.31 Å². The summed E-state index contributed by atoms with van der Waals surface area (Å²) in [6.07, 6.45) is 4.74. The average molecular weight is 527 g/mol. The van der Waals surface area contributed by atoms with E-state index in [1.807, 2.05) is 24.3 Å². The summed E-state index contributed by atoms with van der Waals surface area (Å²) in [5, 5.41) is 11.5. The second-order valence-electron chi connectivity index (χ2n) is 7.47. The summed E-state index contributed by atoms with van der Waals surface area (Å²) in [6, 6.07) is 18.7. The second-order valence-corrected chi connectivity index (χ2v) is 9.36. The van der Waals surface area contributed by atoms with Crippen LogP contribution in [0.3, 0.4) is 0 Å². The fourth-order valence-electron chi connectivity index (χ4n) is 3.28. The van der Waals surface area contributed by atoms with Gasteiger partial charge in [-0.1, -0.05) is 36.4 Å². The van der Waals surface area contributed by atoms with Gasteiger partial charge in [-0.05, 0) is 35.9 Å². The number of benzene rings is 1. The Kier molecular flexibility index (Phi) is 9.01. The van der Waals surface area contributed by atoms with Gasteiger partial charge in [0.2, 0.25) is 0 Å². The molecule has 4 aromatic rings. The van der Waals surface area contributed by atoms with E-state index >= 15 is 0 Å². The van der Waals surface area contributed by atoms with Crippen molar-refractivity contribution in [2.24, 2.45) is 0 Å². The van der Waals surface area contributed by atoms with E-state index in [1.54, 1.807) is 48.8 Å². The monoisotopic (exact) mass is 526 g/mol. The molecule has 2 N–H and O–H groups in total. The summed E-state index contributed by atoms with van der Waals surface area (Å²) in [4.78, 5) is 27.7. The van der Waals surface area contributed by atoms with Gasteiger partial charge < -0.3 is 10.4 Å². The molecule has 0 saturated carbocycles. The van der Waals surface area contributed by atoms with Gasteiger partial charge in [-0.3, -0.25) is 4.79 Å². The molecule has 186 valence electrons. The molecule has 0 aliphatic heterocycles.